The highest BCUT2D eigenvalue weighted by Crippen LogP contribution is 2.22. The van der Waals surface area contributed by atoms with Crippen LogP contribution in [0.2, 0.25) is 0 Å². The highest BCUT2D eigenvalue weighted by atomic mass is 19.1. The molecule has 0 amide bonds. The molecule has 1 N–H and O–H groups in total. The highest BCUT2D eigenvalue weighted by molar-refractivity contribution is 5.52. The quantitative estimate of drug-likeness (QED) is 0.650. The van der Waals surface area contributed by atoms with Crippen LogP contribution >= 0.6 is 0 Å². The van der Waals surface area contributed by atoms with Crippen molar-refractivity contribution < 1.29 is 14.1 Å². The van der Waals surface area contributed by atoms with Gasteiger partial charge in [-0.2, -0.15) is 0 Å². The molecule has 1 aliphatic rings. The van der Waals surface area contributed by atoms with Crippen molar-refractivity contribution in [2.45, 2.75) is 18.9 Å². The Labute approximate surface area is 97.7 Å². The minimum Gasteiger partial charge on any atom is -0.382 e. The van der Waals surface area contributed by atoms with Crippen LogP contribution in [0, 0.1) is 15.9 Å². The molecule has 92 valence electrons. The molecule has 0 radical (unpaired) electrons. The van der Waals surface area contributed by atoms with E-state index in [9.17, 15) is 14.5 Å². The van der Waals surface area contributed by atoms with Crippen LogP contribution in [0.15, 0.2) is 18.2 Å². The van der Waals surface area contributed by atoms with Gasteiger partial charge in [0.15, 0.2) is 0 Å². The van der Waals surface area contributed by atoms with Crippen LogP contribution in [-0.4, -0.2) is 24.2 Å². The lowest BCUT2D eigenvalue weighted by Crippen LogP contribution is -2.27. The first-order valence-corrected chi connectivity index (χ1v) is 5.44. The minimum atomic E-state index is -0.603. The Kier molecular flexibility index (Phi) is 3.53. The summed E-state index contributed by atoms with van der Waals surface area (Å²) in [7, 11) is 0. The second-order valence-electron chi connectivity index (χ2n) is 3.99. The predicted octanol–water partition coefficient (Wildman–Crippen LogP) is 2.32. The molecule has 6 heteroatoms. The number of anilines is 1. The third-order valence-corrected chi connectivity index (χ3v) is 2.69. The second kappa shape index (κ2) is 5.09. The van der Waals surface area contributed by atoms with Gasteiger partial charge in [0.05, 0.1) is 11.0 Å². The number of non-ortho nitro benzene ring substituents is 1. The number of nitro benzene ring substituents is 1. The Morgan fingerprint density at radius 1 is 1.35 bits per heavy atom. The molecule has 1 fully saturated rings. The summed E-state index contributed by atoms with van der Waals surface area (Å²) in [4.78, 5) is 9.99. The first kappa shape index (κ1) is 11.8. The van der Waals surface area contributed by atoms with E-state index in [1.165, 1.54) is 12.1 Å². The first-order valence-electron chi connectivity index (χ1n) is 5.44. The van der Waals surface area contributed by atoms with Gasteiger partial charge in [0.2, 0.25) is 0 Å². The maximum absolute atomic E-state index is 13.2. The van der Waals surface area contributed by atoms with Crippen molar-refractivity contribution in [2.75, 3.05) is 18.5 Å². The standard InChI is InChI=1S/C11H13FN2O3/c12-8-5-10(7-11(6-8)14(15)16)13-9-1-3-17-4-2-9/h5-7,9,13H,1-4H2. The summed E-state index contributed by atoms with van der Waals surface area (Å²) in [5.41, 5.74) is 0.211. The number of ether oxygens (including phenoxy) is 1. The number of nitrogens with one attached hydrogen (secondary N) is 1. The number of hydrogen-bond donors (Lipinski definition) is 1. The molecule has 1 aromatic rings. The molecule has 0 aliphatic carbocycles. The van der Waals surface area contributed by atoms with Crippen molar-refractivity contribution in [1.82, 2.24) is 0 Å². The zero-order valence-electron chi connectivity index (χ0n) is 9.19. The number of nitrogens with zero attached hydrogens (tertiary/aromatic N) is 1. The third kappa shape index (κ3) is 3.13. The van der Waals surface area contributed by atoms with Crippen molar-refractivity contribution in [3.63, 3.8) is 0 Å². The zero-order chi connectivity index (χ0) is 12.3. The van der Waals surface area contributed by atoms with Gasteiger partial charge >= 0.3 is 0 Å². The van der Waals surface area contributed by atoms with E-state index in [1.807, 2.05) is 0 Å². The molecular weight excluding hydrogens is 227 g/mol. The maximum Gasteiger partial charge on any atom is 0.274 e. The molecule has 1 aromatic carbocycles. The molecule has 1 saturated heterocycles. The summed E-state index contributed by atoms with van der Waals surface area (Å²) in [6.45, 7) is 1.32. The zero-order valence-corrected chi connectivity index (χ0v) is 9.19. The lowest BCUT2D eigenvalue weighted by atomic mass is 10.1. The van der Waals surface area contributed by atoms with Crippen molar-refractivity contribution in [2.24, 2.45) is 0 Å². The van der Waals surface area contributed by atoms with Gasteiger partial charge < -0.3 is 10.1 Å². The molecule has 0 bridgehead atoms. The molecule has 2 rings (SSSR count). The van der Waals surface area contributed by atoms with Gasteiger partial charge in [-0.1, -0.05) is 0 Å². The molecular formula is C11H13FN2O3. The number of hydrogen-bond acceptors (Lipinski definition) is 4. The van der Waals surface area contributed by atoms with Crippen LogP contribution in [-0.2, 0) is 4.74 Å². The first-order chi connectivity index (χ1) is 8.15. The Hall–Kier alpha value is -1.69. The van der Waals surface area contributed by atoms with Crippen molar-refractivity contribution in [1.29, 1.82) is 0 Å². The van der Waals surface area contributed by atoms with E-state index in [2.05, 4.69) is 5.32 Å². The van der Waals surface area contributed by atoms with Crippen molar-refractivity contribution in [3.8, 4) is 0 Å². The fourth-order valence-electron chi connectivity index (χ4n) is 1.84. The minimum absolute atomic E-state index is 0.185. The predicted molar refractivity (Wildman–Crippen MR) is 60.5 cm³/mol. The summed E-state index contributed by atoms with van der Waals surface area (Å²) in [6.07, 6.45) is 1.65. The van der Waals surface area contributed by atoms with Crippen LogP contribution in [0.1, 0.15) is 12.8 Å². The molecule has 1 aliphatic heterocycles. The summed E-state index contributed by atoms with van der Waals surface area (Å²) >= 11 is 0. The van der Waals surface area contributed by atoms with Gasteiger partial charge in [0.25, 0.3) is 5.69 Å². The second-order valence-corrected chi connectivity index (χ2v) is 3.99. The normalized spacial score (nSPS) is 16.8. The summed E-state index contributed by atoms with van der Waals surface area (Å²) < 4.78 is 18.4. The molecule has 0 aromatic heterocycles. The molecule has 17 heavy (non-hydrogen) atoms. The van der Waals surface area contributed by atoms with Gasteiger partial charge in [-0.25, -0.2) is 4.39 Å². The van der Waals surface area contributed by atoms with E-state index in [1.54, 1.807) is 0 Å². The van der Waals surface area contributed by atoms with Gasteiger partial charge in [-0.15, -0.1) is 0 Å². The fourth-order valence-corrected chi connectivity index (χ4v) is 1.84. The molecule has 0 saturated carbocycles. The van der Waals surface area contributed by atoms with Crippen LogP contribution < -0.4 is 5.32 Å². The Bertz CT molecular complexity index is 419. The average Bonchev–Trinajstić information content (AvgIpc) is 2.29. The Morgan fingerprint density at radius 3 is 2.71 bits per heavy atom. The maximum atomic E-state index is 13.2. The Morgan fingerprint density at radius 2 is 2.06 bits per heavy atom. The highest BCUT2D eigenvalue weighted by Gasteiger charge is 2.15. The SMILES string of the molecule is O=[N+]([O-])c1cc(F)cc(NC2CCOCC2)c1. The lowest BCUT2D eigenvalue weighted by Gasteiger charge is -2.24. The molecule has 5 nitrogen and oxygen atoms in total. The summed E-state index contributed by atoms with van der Waals surface area (Å²) in [5, 5.41) is 13.7. The van der Waals surface area contributed by atoms with Gasteiger partial charge in [-0.3, -0.25) is 10.1 Å². The topological polar surface area (TPSA) is 64.4 Å². The molecule has 1 heterocycles. The lowest BCUT2D eigenvalue weighted by molar-refractivity contribution is -0.385. The van der Waals surface area contributed by atoms with Crippen molar-refractivity contribution >= 4 is 11.4 Å². The monoisotopic (exact) mass is 240 g/mol. The number of nitro groups is 1. The molecule has 0 atom stereocenters. The van der Waals surface area contributed by atoms with E-state index < -0.39 is 10.7 Å². The average molecular weight is 240 g/mol. The smallest absolute Gasteiger partial charge is 0.274 e. The number of rotatable bonds is 3. The van der Waals surface area contributed by atoms with E-state index >= 15 is 0 Å². The number of benzene rings is 1. The van der Waals surface area contributed by atoms with E-state index in [4.69, 9.17) is 4.74 Å². The van der Waals surface area contributed by atoms with E-state index in [0.717, 1.165) is 18.9 Å². The van der Waals surface area contributed by atoms with E-state index in [0.29, 0.717) is 18.9 Å². The van der Waals surface area contributed by atoms with Crippen LogP contribution in [0.3, 0.4) is 0 Å². The Balaban J connectivity index is 2.11. The van der Waals surface area contributed by atoms with E-state index in [-0.39, 0.29) is 11.7 Å². The van der Waals surface area contributed by atoms with Gasteiger partial charge in [0, 0.05) is 31.0 Å². The number of halogens is 1. The third-order valence-electron chi connectivity index (χ3n) is 2.69. The van der Waals surface area contributed by atoms with Crippen LogP contribution in [0.4, 0.5) is 15.8 Å². The van der Waals surface area contributed by atoms with Crippen LogP contribution in [0.5, 0.6) is 0 Å². The largest absolute Gasteiger partial charge is 0.382 e. The van der Waals surface area contributed by atoms with Crippen molar-refractivity contribution in [3.05, 3.63) is 34.1 Å². The van der Waals surface area contributed by atoms with Gasteiger partial charge in [0.1, 0.15) is 5.82 Å². The summed E-state index contributed by atoms with van der Waals surface area (Å²) in [5.74, 6) is -0.603. The fraction of sp³-hybridized carbons (Fsp3) is 0.455. The van der Waals surface area contributed by atoms with Gasteiger partial charge in [-0.05, 0) is 18.9 Å². The van der Waals surface area contributed by atoms with Crippen LogP contribution in [0.25, 0.3) is 0 Å². The molecule has 0 spiro atoms. The summed E-state index contributed by atoms with van der Waals surface area (Å²) in [6, 6.07) is 3.71. The molecule has 0 unspecified atom stereocenters.